The van der Waals surface area contributed by atoms with Gasteiger partial charge in [0.15, 0.2) is 0 Å². The average Bonchev–Trinajstić information content (AvgIpc) is 2.67. The largest absolute Gasteiger partial charge is 0.421 e. The molecule has 1 atom stereocenters. The van der Waals surface area contributed by atoms with Crippen molar-refractivity contribution in [3.63, 3.8) is 0 Å². The molecule has 1 heterocycles. The van der Waals surface area contributed by atoms with Gasteiger partial charge in [-0.2, -0.15) is 18.2 Å². The van der Waals surface area contributed by atoms with E-state index in [9.17, 15) is 13.2 Å². The normalized spacial score (nSPS) is 12.5. The lowest BCUT2D eigenvalue weighted by Crippen LogP contribution is -2.12. The molecule has 2 aromatic carbocycles. The monoisotopic (exact) mass is 400 g/mol. The molecule has 0 saturated carbocycles. The van der Waals surface area contributed by atoms with Crippen LogP contribution in [0.25, 0.3) is 0 Å². The molecule has 0 radical (unpaired) electrons. The molecule has 1 unspecified atom stereocenters. The highest BCUT2D eigenvalue weighted by Gasteiger charge is 2.35. The Morgan fingerprint density at radius 3 is 2.34 bits per heavy atom. The number of alkyl halides is 3. The average molecular weight is 400 g/mol. The van der Waals surface area contributed by atoms with E-state index in [2.05, 4.69) is 34.4 Å². The quantitative estimate of drug-likeness (QED) is 0.477. The van der Waals surface area contributed by atoms with Crippen molar-refractivity contribution in [3.05, 3.63) is 71.4 Å². The third-order valence-corrected chi connectivity index (χ3v) is 4.70. The summed E-state index contributed by atoms with van der Waals surface area (Å²) >= 11 is 0. The molecule has 2 N–H and O–H groups in total. The maximum absolute atomic E-state index is 13.5. The number of anilines is 4. The number of hydrogen-bond acceptors (Lipinski definition) is 4. The predicted molar refractivity (Wildman–Crippen MR) is 110 cm³/mol. The van der Waals surface area contributed by atoms with Crippen molar-refractivity contribution in [1.29, 1.82) is 0 Å². The number of benzene rings is 2. The van der Waals surface area contributed by atoms with Crippen LogP contribution in [0.4, 0.5) is 36.3 Å². The van der Waals surface area contributed by atoms with Gasteiger partial charge in [0.1, 0.15) is 11.4 Å². The van der Waals surface area contributed by atoms with Crippen LogP contribution in [0.5, 0.6) is 0 Å². The molecule has 0 aliphatic carbocycles. The molecule has 152 valence electrons. The predicted octanol–water partition coefficient (Wildman–Crippen LogP) is 6.80. The number of hydrogen-bond donors (Lipinski definition) is 2. The van der Waals surface area contributed by atoms with E-state index < -0.39 is 11.7 Å². The Morgan fingerprint density at radius 2 is 1.69 bits per heavy atom. The first-order valence-corrected chi connectivity index (χ1v) is 9.41. The molecular formula is C22H23F3N4. The Kier molecular flexibility index (Phi) is 6.06. The van der Waals surface area contributed by atoms with Gasteiger partial charge in [-0.25, -0.2) is 4.98 Å². The molecule has 0 bridgehead atoms. The number of aromatic nitrogens is 2. The van der Waals surface area contributed by atoms with Gasteiger partial charge in [-0.3, -0.25) is 0 Å². The molecule has 0 saturated heterocycles. The van der Waals surface area contributed by atoms with Crippen LogP contribution in [-0.4, -0.2) is 9.97 Å². The standard InChI is InChI=1S/C22H23F3N4/c1-4-15(3)16-8-6-10-18(12-16)27-20-19(22(23,24)25)13-26-21(29-20)28-17-9-5-7-14(2)11-17/h5-13,15H,4H2,1-3H3,(H2,26,27,28,29). The molecule has 4 nitrogen and oxygen atoms in total. The fourth-order valence-electron chi connectivity index (χ4n) is 2.89. The minimum Gasteiger partial charge on any atom is -0.340 e. The summed E-state index contributed by atoms with van der Waals surface area (Å²) in [4.78, 5) is 7.95. The van der Waals surface area contributed by atoms with E-state index in [0.29, 0.717) is 17.3 Å². The van der Waals surface area contributed by atoms with E-state index in [1.807, 2.05) is 43.3 Å². The second kappa shape index (κ2) is 8.51. The Hall–Kier alpha value is -3.09. The van der Waals surface area contributed by atoms with Crippen molar-refractivity contribution < 1.29 is 13.2 Å². The van der Waals surface area contributed by atoms with Gasteiger partial charge in [0.05, 0.1) is 0 Å². The van der Waals surface area contributed by atoms with E-state index >= 15 is 0 Å². The molecule has 29 heavy (non-hydrogen) atoms. The first-order valence-electron chi connectivity index (χ1n) is 9.41. The van der Waals surface area contributed by atoms with Crippen molar-refractivity contribution in [2.75, 3.05) is 10.6 Å². The second-order valence-corrected chi connectivity index (χ2v) is 7.01. The Bertz CT molecular complexity index is 986. The van der Waals surface area contributed by atoms with Crippen LogP contribution >= 0.6 is 0 Å². The van der Waals surface area contributed by atoms with Crippen LogP contribution in [0.3, 0.4) is 0 Å². The second-order valence-electron chi connectivity index (χ2n) is 7.01. The maximum Gasteiger partial charge on any atom is 0.421 e. The maximum atomic E-state index is 13.5. The van der Waals surface area contributed by atoms with Gasteiger partial charge < -0.3 is 10.6 Å². The van der Waals surface area contributed by atoms with Crippen LogP contribution in [0.2, 0.25) is 0 Å². The summed E-state index contributed by atoms with van der Waals surface area (Å²) in [6, 6.07) is 14.8. The zero-order chi connectivity index (χ0) is 21.0. The summed E-state index contributed by atoms with van der Waals surface area (Å²) < 4.78 is 40.5. The van der Waals surface area contributed by atoms with Crippen molar-refractivity contribution >= 4 is 23.1 Å². The molecule has 0 spiro atoms. The number of aryl methyl sites for hydroxylation is 1. The van der Waals surface area contributed by atoms with E-state index in [-0.39, 0.29) is 11.8 Å². The number of halogens is 3. The van der Waals surface area contributed by atoms with Gasteiger partial charge >= 0.3 is 6.18 Å². The van der Waals surface area contributed by atoms with Gasteiger partial charge in [0.2, 0.25) is 5.95 Å². The summed E-state index contributed by atoms with van der Waals surface area (Å²) in [5.41, 5.74) is 2.41. The van der Waals surface area contributed by atoms with Gasteiger partial charge in [-0.05, 0) is 54.7 Å². The molecule has 7 heteroatoms. The van der Waals surface area contributed by atoms with Crippen LogP contribution in [0, 0.1) is 6.92 Å². The molecule has 3 aromatic rings. The van der Waals surface area contributed by atoms with E-state index in [1.165, 1.54) is 0 Å². The minimum absolute atomic E-state index is 0.0872. The summed E-state index contributed by atoms with van der Waals surface area (Å²) in [5, 5.41) is 5.78. The first kappa shape index (κ1) is 20.6. The Labute approximate surface area is 168 Å². The molecule has 3 rings (SSSR count). The van der Waals surface area contributed by atoms with E-state index in [4.69, 9.17) is 0 Å². The van der Waals surface area contributed by atoms with E-state index in [1.54, 1.807) is 12.1 Å². The summed E-state index contributed by atoms with van der Waals surface area (Å²) in [6.07, 6.45) is -2.83. The van der Waals surface area contributed by atoms with Gasteiger partial charge in [0.25, 0.3) is 0 Å². The zero-order valence-electron chi connectivity index (χ0n) is 16.5. The molecular weight excluding hydrogens is 377 g/mol. The lowest BCUT2D eigenvalue weighted by atomic mass is 9.98. The van der Waals surface area contributed by atoms with Crippen molar-refractivity contribution in [2.24, 2.45) is 0 Å². The highest BCUT2D eigenvalue weighted by atomic mass is 19.4. The minimum atomic E-state index is -4.57. The Balaban J connectivity index is 1.95. The smallest absolute Gasteiger partial charge is 0.340 e. The van der Waals surface area contributed by atoms with Crippen LogP contribution < -0.4 is 10.6 Å². The zero-order valence-corrected chi connectivity index (χ0v) is 16.5. The van der Waals surface area contributed by atoms with Gasteiger partial charge in [-0.15, -0.1) is 0 Å². The molecule has 0 aliphatic heterocycles. The van der Waals surface area contributed by atoms with Crippen molar-refractivity contribution in [1.82, 2.24) is 9.97 Å². The summed E-state index contributed by atoms with van der Waals surface area (Å²) in [5.74, 6) is 0.107. The highest BCUT2D eigenvalue weighted by molar-refractivity contribution is 5.63. The topological polar surface area (TPSA) is 49.8 Å². The van der Waals surface area contributed by atoms with Crippen molar-refractivity contribution in [2.45, 2.75) is 39.3 Å². The molecule has 0 amide bonds. The van der Waals surface area contributed by atoms with Gasteiger partial charge in [0, 0.05) is 17.6 Å². The highest BCUT2D eigenvalue weighted by Crippen LogP contribution is 2.35. The fraction of sp³-hybridized carbons (Fsp3) is 0.273. The number of nitrogens with zero attached hydrogens (tertiary/aromatic N) is 2. The number of rotatable bonds is 6. The molecule has 0 aliphatic rings. The molecule has 1 aromatic heterocycles. The molecule has 0 fully saturated rings. The third-order valence-electron chi connectivity index (χ3n) is 4.70. The third kappa shape index (κ3) is 5.25. The number of nitrogens with one attached hydrogen (secondary N) is 2. The lowest BCUT2D eigenvalue weighted by molar-refractivity contribution is -0.137. The van der Waals surface area contributed by atoms with Gasteiger partial charge in [-0.1, -0.05) is 38.1 Å². The van der Waals surface area contributed by atoms with Crippen molar-refractivity contribution in [3.8, 4) is 0 Å². The Morgan fingerprint density at radius 1 is 1.00 bits per heavy atom. The van der Waals surface area contributed by atoms with Crippen LogP contribution in [0.1, 0.15) is 42.9 Å². The van der Waals surface area contributed by atoms with Crippen LogP contribution in [0.15, 0.2) is 54.7 Å². The fourth-order valence-corrected chi connectivity index (χ4v) is 2.89. The summed E-state index contributed by atoms with van der Waals surface area (Å²) in [6.45, 7) is 6.07. The van der Waals surface area contributed by atoms with Crippen LogP contribution in [-0.2, 0) is 6.18 Å². The lowest BCUT2D eigenvalue weighted by Gasteiger charge is -2.16. The summed E-state index contributed by atoms with van der Waals surface area (Å²) in [7, 11) is 0. The van der Waals surface area contributed by atoms with E-state index in [0.717, 1.165) is 23.7 Å². The first-order chi connectivity index (χ1) is 13.8. The SMILES string of the molecule is CCC(C)c1cccc(Nc2nc(Nc3cccc(C)c3)ncc2C(F)(F)F)c1.